The van der Waals surface area contributed by atoms with Crippen molar-refractivity contribution in [2.45, 2.75) is 37.9 Å². The first-order chi connectivity index (χ1) is 15.8. The number of nitrogens with one attached hydrogen (secondary N) is 1. The number of nitrogens with zero attached hydrogens (tertiary/aromatic N) is 3. The second kappa shape index (κ2) is 9.60. The van der Waals surface area contributed by atoms with Gasteiger partial charge in [0, 0.05) is 38.2 Å². The first-order valence-corrected chi connectivity index (χ1v) is 10.6. The van der Waals surface area contributed by atoms with Crippen LogP contribution in [0.25, 0.3) is 11.3 Å². The summed E-state index contributed by atoms with van der Waals surface area (Å²) in [7, 11) is 0. The fraction of sp³-hybridized carbons (Fsp3) is 0.348. The number of oxazole rings is 1. The van der Waals surface area contributed by atoms with Crippen LogP contribution in [0.15, 0.2) is 53.2 Å². The third kappa shape index (κ3) is 5.68. The molecule has 1 amide bonds. The standard InChI is InChI=1S/C23H22F4N4O2/c24-18-4-2-1-3-17(18)19-14-29-22(33-19)8-7-21(32)30-16-9-11-31(12-10-16)20-6-5-15(13-28-20)23(25,26)27/h1-6,13-14,16H,7-12H2,(H,30,32). The lowest BCUT2D eigenvalue weighted by molar-refractivity contribution is -0.137. The molecular formula is C23H22F4N4O2. The van der Waals surface area contributed by atoms with Crippen LogP contribution in [-0.4, -0.2) is 35.0 Å². The van der Waals surface area contributed by atoms with Crippen molar-refractivity contribution in [1.82, 2.24) is 15.3 Å². The van der Waals surface area contributed by atoms with Gasteiger partial charge in [-0.1, -0.05) is 12.1 Å². The Morgan fingerprint density at radius 3 is 2.52 bits per heavy atom. The van der Waals surface area contributed by atoms with E-state index in [1.165, 1.54) is 18.3 Å². The van der Waals surface area contributed by atoms with E-state index in [4.69, 9.17) is 4.42 Å². The summed E-state index contributed by atoms with van der Waals surface area (Å²) in [6.45, 7) is 1.16. The molecule has 1 aromatic carbocycles. The lowest BCUT2D eigenvalue weighted by atomic mass is 10.0. The molecule has 0 saturated carbocycles. The molecule has 2 aromatic heterocycles. The molecule has 3 heterocycles. The van der Waals surface area contributed by atoms with E-state index in [-0.39, 0.29) is 24.8 Å². The van der Waals surface area contributed by atoms with Crippen LogP contribution in [0, 0.1) is 5.82 Å². The molecule has 1 N–H and O–H groups in total. The number of alkyl halides is 3. The number of rotatable bonds is 6. The number of pyridine rings is 1. The molecule has 3 aromatic rings. The summed E-state index contributed by atoms with van der Waals surface area (Å²) in [4.78, 5) is 22.3. The molecule has 1 aliphatic rings. The van der Waals surface area contributed by atoms with Gasteiger partial charge in [-0.25, -0.2) is 14.4 Å². The molecule has 33 heavy (non-hydrogen) atoms. The number of amides is 1. The highest BCUT2D eigenvalue weighted by atomic mass is 19.4. The van der Waals surface area contributed by atoms with E-state index >= 15 is 0 Å². The maximum absolute atomic E-state index is 13.9. The lowest BCUT2D eigenvalue weighted by Crippen LogP contribution is -2.45. The average molecular weight is 462 g/mol. The highest BCUT2D eigenvalue weighted by Crippen LogP contribution is 2.30. The van der Waals surface area contributed by atoms with Crippen LogP contribution in [0.1, 0.15) is 30.7 Å². The van der Waals surface area contributed by atoms with Gasteiger partial charge in [-0.15, -0.1) is 0 Å². The Labute approximate surface area is 187 Å². The van der Waals surface area contributed by atoms with Gasteiger partial charge in [0.1, 0.15) is 11.6 Å². The van der Waals surface area contributed by atoms with Crippen LogP contribution in [-0.2, 0) is 17.4 Å². The van der Waals surface area contributed by atoms with Gasteiger partial charge in [-0.05, 0) is 37.1 Å². The van der Waals surface area contributed by atoms with Crippen molar-refractivity contribution in [3.05, 3.63) is 66.1 Å². The largest absolute Gasteiger partial charge is 0.441 e. The summed E-state index contributed by atoms with van der Waals surface area (Å²) in [5.74, 6) is 0.601. The predicted octanol–water partition coefficient (Wildman–Crippen LogP) is 4.61. The summed E-state index contributed by atoms with van der Waals surface area (Å²) in [6, 6.07) is 8.59. The number of benzene rings is 1. The van der Waals surface area contributed by atoms with Gasteiger partial charge in [0.05, 0.1) is 17.3 Å². The van der Waals surface area contributed by atoms with Crippen LogP contribution >= 0.6 is 0 Å². The molecule has 4 rings (SSSR count). The van der Waals surface area contributed by atoms with Crippen LogP contribution in [0.2, 0.25) is 0 Å². The molecule has 6 nitrogen and oxygen atoms in total. The van der Waals surface area contributed by atoms with Gasteiger partial charge in [0.2, 0.25) is 5.91 Å². The maximum atomic E-state index is 13.9. The average Bonchev–Trinajstić information content (AvgIpc) is 3.27. The summed E-state index contributed by atoms with van der Waals surface area (Å²) in [6.07, 6.45) is -0.352. The minimum Gasteiger partial charge on any atom is -0.441 e. The van der Waals surface area contributed by atoms with Gasteiger partial charge in [0.25, 0.3) is 0 Å². The molecule has 0 spiro atoms. The Morgan fingerprint density at radius 2 is 1.85 bits per heavy atom. The zero-order chi connectivity index (χ0) is 23.4. The Balaban J connectivity index is 1.23. The molecule has 1 saturated heterocycles. The SMILES string of the molecule is O=C(CCc1ncc(-c2ccccc2F)o1)NC1CCN(c2ccc(C(F)(F)F)cn2)CC1. The predicted molar refractivity (Wildman–Crippen MR) is 113 cm³/mol. The topological polar surface area (TPSA) is 71.3 Å². The third-order valence-corrected chi connectivity index (χ3v) is 5.52. The summed E-state index contributed by atoms with van der Waals surface area (Å²) in [5, 5.41) is 2.97. The normalized spacial score (nSPS) is 15.0. The smallest absolute Gasteiger partial charge is 0.417 e. The number of aromatic nitrogens is 2. The Bertz CT molecular complexity index is 1090. The van der Waals surface area contributed by atoms with Gasteiger partial charge in [0.15, 0.2) is 11.7 Å². The maximum Gasteiger partial charge on any atom is 0.417 e. The van der Waals surface area contributed by atoms with Crippen molar-refractivity contribution in [2.24, 2.45) is 0 Å². The van der Waals surface area contributed by atoms with Crippen molar-refractivity contribution < 1.29 is 26.8 Å². The number of piperidine rings is 1. The van der Waals surface area contributed by atoms with Crippen LogP contribution in [0.3, 0.4) is 0 Å². The van der Waals surface area contributed by atoms with Crippen LogP contribution in [0.4, 0.5) is 23.4 Å². The number of carbonyl (C=O) groups excluding carboxylic acids is 1. The van der Waals surface area contributed by atoms with Crippen LogP contribution < -0.4 is 10.2 Å². The van der Waals surface area contributed by atoms with Gasteiger partial charge >= 0.3 is 6.18 Å². The van der Waals surface area contributed by atoms with E-state index in [9.17, 15) is 22.4 Å². The second-order valence-corrected chi connectivity index (χ2v) is 7.83. The summed E-state index contributed by atoms with van der Waals surface area (Å²) < 4.78 is 57.5. The summed E-state index contributed by atoms with van der Waals surface area (Å²) >= 11 is 0. The van der Waals surface area contributed by atoms with E-state index in [0.717, 1.165) is 12.3 Å². The van der Waals surface area contributed by atoms with Crippen LogP contribution in [0.5, 0.6) is 0 Å². The van der Waals surface area contributed by atoms with Crippen molar-refractivity contribution in [2.75, 3.05) is 18.0 Å². The van der Waals surface area contributed by atoms with Crippen molar-refractivity contribution in [3.63, 3.8) is 0 Å². The van der Waals surface area contributed by atoms with E-state index in [1.807, 2.05) is 4.90 Å². The minimum absolute atomic E-state index is 0.0262. The highest BCUT2D eigenvalue weighted by Gasteiger charge is 2.31. The van der Waals surface area contributed by atoms with E-state index < -0.39 is 17.6 Å². The zero-order valence-electron chi connectivity index (χ0n) is 17.6. The molecule has 1 aliphatic heterocycles. The monoisotopic (exact) mass is 462 g/mol. The Hall–Kier alpha value is -3.43. The summed E-state index contributed by atoms with van der Waals surface area (Å²) in [5.41, 5.74) is -0.463. The molecule has 0 bridgehead atoms. The molecule has 1 fully saturated rings. The third-order valence-electron chi connectivity index (χ3n) is 5.52. The minimum atomic E-state index is -4.41. The molecule has 0 atom stereocenters. The number of aryl methyl sites for hydroxylation is 1. The fourth-order valence-corrected chi connectivity index (χ4v) is 3.73. The first-order valence-electron chi connectivity index (χ1n) is 10.6. The Morgan fingerprint density at radius 1 is 1.09 bits per heavy atom. The Kier molecular flexibility index (Phi) is 6.62. The van der Waals surface area contributed by atoms with E-state index in [0.29, 0.717) is 49.0 Å². The number of carbonyl (C=O) groups is 1. The number of halogens is 4. The molecule has 10 heteroatoms. The van der Waals surface area contributed by atoms with E-state index in [2.05, 4.69) is 15.3 Å². The fourth-order valence-electron chi connectivity index (χ4n) is 3.73. The van der Waals surface area contributed by atoms with Gasteiger partial charge < -0.3 is 14.6 Å². The zero-order valence-corrected chi connectivity index (χ0v) is 17.6. The molecule has 0 unspecified atom stereocenters. The van der Waals surface area contributed by atoms with Crippen molar-refractivity contribution in [1.29, 1.82) is 0 Å². The number of anilines is 1. The number of hydrogen-bond acceptors (Lipinski definition) is 5. The molecule has 0 aliphatic carbocycles. The quantitative estimate of drug-likeness (QED) is 0.542. The molecule has 174 valence electrons. The first kappa shape index (κ1) is 22.8. The van der Waals surface area contributed by atoms with Gasteiger partial charge in [-0.3, -0.25) is 4.79 Å². The number of hydrogen-bond donors (Lipinski definition) is 1. The highest BCUT2D eigenvalue weighted by molar-refractivity contribution is 5.76. The van der Waals surface area contributed by atoms with Crippen molar-refractivity contribution in [3.8, 4) is 11.3 Å². The van der Waals surface area contributed by atoms with Gasteiger partial charge in [-0.2, -0.15) is 13.2 Å². The van der Waals surface area contributed by atoms with Crippen molar-refractivity contribution >= 4 is 11.7 Å². The lowest BCUT2D eigenvalue weighted by Gasteiger charge is -2.33. The molecule has 0 radical (unpaired) electrons. The molecular weight excluding hydrogens is 440 g/mol. The van der Waals surface area contributed by atoms with E-state index in [1.54, 1.807) is 18.2 Å². The second-order valence-electron chi connectivity index (χ2n) is 7.83.